The largest absolute Gasteiger partial charge is 0.479 e. The second-order valence-electron chi connectivity index (χ2n) is 1.69. The first-order chi connectivity index (χ1) is 4.55. The van der Waals surface area contributed by atoms with Crippen LogP contribution in [0.25, 0.3) is 0 Å². The van der Waals surface area contributed by atoms with Crippen LogP contribution in [0, 0.1) is 0 Å². The summed E-state index contributed by atoms with van der Waals surface area (Å²) in [6.45, 7) is 0. The van der Waals surface area contributed by atoms with Crippen LogP contribution in [0.2, 0.25) is 0 Å². The van der Waals surface area contributed by atoms with Crippen molar-refractivity contribution in [1.82, 2.24) is 5.12 Å². The highest BCUT2D eigenvalue weighted by Crippen LogP contribution is 2.33. The number of carboxylic acid groups (broad SMARTS) is 1. The van der Waals surface area contributed by atoms with Gasteiger partial charge in [0.1, 0.15) is 0 Å². The summed E-state index contributed by atoms with van der Waals surface area (Å²) in [6.07, 6.45) is 0. The molecule has 0 bridgehead atoms. The van der Waals surface area contributed by atoms with E-state index in [1.807, 2.05) is 0 Å². The lowest BCUT2D eigenvalue weighted by Gasteiger charge is -2.26. The zero-order valence-corrected chi connectivity index (χ0v) is 4.51. The predicted molar refractivity (Wildman–Crippen MR) is 23.6 cm³/mol. The molecular formula is C4H2F3NO2. The van der Waals surface area contributed by atoms with Crippen molar-refractivity contribution in [3.8, 4) is 0 Å². The summed E-state index contributed by atoms with van der Waals surface area (Å²) in [5.74, 6) is -5.08. The number of nitrogens with zero attached hydrogens (tertiary/aromatic N) is 1. The molecule has 1 heterocycles. The smallest absolute Gasteiger partial charge is 0.336 e. The maximum Gasteiger partial charge on any atom is 0.336 e. The van der Waals surface area contributed by atoms with Crippen molar-refractivity contribution < 1.29 is 23.2 Å². The fraction of sp³-hybridized carbons (Fsp3) is 0.250. The molecule has 56 valence electrons. The summed E-state index contributed by atoms with van der Waals surface area (Å²) in [6, 6.07) is -2.08. The lowest BCUT2D eigenvalue weighted by molar-refractivity contribution is -0.154. The van der Waals surface area contributed by atoms with E-state index in [9.17, 15) is 18.1 Å². The van der Waals surface area contributed by atoms with Gasteiger partial charge in [-0.3, -0.25) is 0 Å². The van der Waals surface area contributed by atoms with Crippen LogP contribution in [-0.2, 0) is 4.79 Å². The Morgan fingerprint density at radius 2 is 2.10 bits per heavy atom. The van der Waals surface area contributed by atoms with E-state index in [1.165, 1.54) is 0 Å². The molecule has 0 aromatic heterocycles. The molecule has 1 aliphatic heterocycles. The molecule has 1 unspecified atom stereocenters. The standard InChI is InChI=1S/C4H2F3NO2/c5-1-2(4(9)10)8(7)3(1)6/h2H,(H,9,10). The van der Waals surface area contributed by atoms with Gasteiger partial charge in [0.05, 0.1) is 0 Å². The molecule has 0 amide bonds. The minimum Gasteiger partial charge on any atom is -0.479 e. The van der Waals surface area contributed by atoms with E-state index in [2.05, 4.69) is 0 Å². The molecule has 1 rings (SSSR count). The first kappa shape index (κ1) is 6.91. The summed E-state index contributed by atoms with van der Waals surface area (Å²) in [4.78, 5) is 9.83. The topological polar surface area (TPSA) is 40.5 Å². The number of rotatable bonds is 1. The van der Waals surface area contributed by atoms with Gasteiger partial charge in [-0.1, -0.05) is 4.48 Å². The van der Waals surface area contributed by atoms with Crippen LogP contribution in [0.15, 0.2) is 11.8 Å². The molecule has 0 aliphatic carbocycles. The fourth-order valence-corrected chi connectivity index (χ4v) is 0.567. The van der Waals surface area contributed by atoms with Gasteiger partial charge in [0, 0.05) is 0 Å². The third-order valence-electron chi connectivity index (χ3n) is 1.09. The molecule has 0 saturated heterocycles. The van der Waals surface area contributed by atoms with Crippen molar-refractivity contribution in [1.29, 1.82) is 0 Å². The van der Waals surface area contributed by atoms with Gasteiger partial charge in [0.2, 0.25) is 6.04 Å². The molecule has 1 N–H and O–H groups in total. The maximum absolute atomic E-state index is 11.9. The normalized spacial score (nSPS) is 24.7. The van der Waals surface area contributed by atoms with Crippen molar-refractivity contribution in [2.24, 2.45) is 0 Å². The molecule has 0 saturated carbocycles. The zero-order valence-electron chi connectivity index (χ0n) is 4.51. The molecule has 0 aromatic carbocycles. The van der Waals surface area contributed by atoms with Crippen molar-refractivity contribution in [2.75, 3.05) is 0 Å². The van der Waals surface area contributed by atoms with Gasteiger partial charge in [-0.2, -0.15) is 9.51 Å². The fourth-order valence-electron chi connectivity index (χ4n) is 0.567. The van der Waals surface area contributed by atoms with E-state index in [4.69, 9.17) is 5.11 Å². The highest BCUT2D eigenvalue weighted by Gasteiger charge is 2.45. The Kier molecular flexibility index (Phi) is 1.31. The number of carbonyl (C=O) groups is 1. The molecule has 10 heavy (non-hydrogen) atoms. The number of halogens is 3. The van der Waals surface area contributed by atoms with E-state index in [1.54, 1.807) is 0 Å². The molecule has 3 nitrogen and oxygen atoms in total. The second-order valence-corrected chi connectivity index (χ2v) is 1.69. The van der Waals surface area contributed by atoms with Crippen LogP contribution in [-0.4, -0.2) is 22.2 Å². The minimum absolute atomic E-state index is 0.780. The van der Waals surface area contributed by atoms with Crippen molar-refractivity contribution in [2.45, 2.75) is 6.04 Å². The Bertz CT molecular complexity index is 215. The first-order valence-electron chi connectivity index (χ1n) is 2.28. The lowest BCUT2D eigenvalue weighted by atomic mass is 10.2. The van der Waals surface area contributed by atoms with E-state index in [0.717, 1.165) is 0 Å². The highest BCUT2D eigenvalue weighted by atomic mass is 19.2. The van der Waals surface area contributed by atoms with Gasteiger partial charge in [0.15, 0.2) is 5.83 Å². The Labute approximate surface area is 53.3 Å². The predicted octanol–water partition coefficient (Wildman–Crippen LogP) is 0.748. The zero-order chi connectivity index (χ0) is 7.89. The molecule has 0 fully saturated rings. The number of carboxylic acids is 1. The number of hydrogen-bond donors (Lipinski definition) is 1. The molecule has 1 aliphatic rings. The monoisotopic (exact) mass is 153 g/mol. The summed E-state index contributed by atoms with van der Waals surface area (Å²) in [5, 5.41) is 7.19. The lowest BCUT2D eigenvalue weighted by Crippen LogP contribution is -2.43. The Balaban J connectivity index is 2.81. The maximum atomic E-state index is 11.9. The van der Waals surface area contributed by atoms with Crippen LogP contribution < -0.4 is 0 Å². The summed E-state index contributed by atoms with van der Waals surface area (Å²) < 4.78 is 35.5. The molecule has 0 aromatic rings. The first-order valence-corrected chi connectivity index (χ1v) is 2.28. The summed E-state index contributed by atoms with van der Waals surface area (Å²) in [7, 11) is 0. The van der Waals surface area contributed by atoms with Crippen LogP contribution in [0.5, 0.6) is 0 Å². The Morgan fingerprint density at radius 1 is 1.60 bits per heavy atom. The second kappa shape index (κ2) is 1.89. The molecule has 0 spiro atoms. The van der Waals surface area contributed by atoms with E-state index < -0.39 is 28.9 Å². The Morgan fingerprint density at radius 3 is 2.30 bits per heavy atom. The van der Waals surface area contributed by atoms with Gasteiger partial charge < -0.3 is 5.11 Å². The highest BCUT2D eigenvalue weighted by molar-refractivity contribution is 5.78. The molecule has 6 heteroatoms. The van der Waals surface area contributed by atoms with Crippen molar-refractivity contribution >= 4 is 5.97 Å². The third-order valence-corrected chi connectivity index (χ3v) is 1.09. The quantitative estimate of drug-likeness (QED) is 0.446. The Hall–Kier alpha value is -1.20. The third kappa shape index (κ3) is 0.647. The molecular weight excluding hydrogens is 151 g/mol. The van der Waals surface area contributed by atoms with E-state index in [0.29, 0.717) is 0 Å². The SMILES string of the molecule is O=C(O)C1C(F)=C(F)N1F. The van der Waals surface area contributed by atoms with Gasteiger partial charge in [-0.15, -0.1) is 0 Å². The summed E-state index contributed by atoms with van der Waals surface area (Å²) in [5.41, 5.74) is 0. The van der Waals surface area contributed by atoms with E-state index >= 15 is 0 Å². The van der Waals surface area contributed by atoms with Crippen molar-refractivity contribution in [3.05, 3.63) is 11.8 Å². The number of aliphatic carboxylic acids is 1. The van der Waals surface area contributed by atoms with Crippen LogP contribution in [0.3, 0.4) is 0 Å². The minimum atomic E-state index is -2.08. The van der Waals surface area contributed by atoms with Gasteiger partial charge in [0.25, 0.3) is 5.95 Å². The van der Waals surface area contributed by atoms with Crippen LogP contribution in [0.1, 0.15) is 0 Å². The van der Waals surface area contributed by atoms with E-state index in [-0.39, 0.29) is 0 Å². The van der Waals surface area contributed by atoms with Crippen LogP contribution >= 0.6 is 0 Å². The summed E-state index contributed by atoms with van der Waals surface area (Å²) >= 11 is 0. The van der Waals surface area contributed by atoms with Gasteiger partial charge in [-0.05, 0) is 0 Å². The van der Waals surface area contributed by atoms with Gasteiger partial charge in [-0.25, -0.2) is 9.18 Å². The average molecular weight is 153 g/mol. The average Bonchev–Trinajstić information content (AvgIpc) is 1.87. The molecule has 1 atom stereocenters. The number of hydrogen-bond acceptors (Lipinski definition) is 2. The van der Waals surface area contributed by atoms with Crippen molar-refractivity contribution in [3.63, 3.8) is 0 Å². The van der Waals surface area contributed by atoms with Crippen LogP contribution in [0.4, 0.5) is 13.3 Å². The van der Waals surface area contributed by atoms with Gasteiger partial charge >= 0.3 is 5.97 Å². The molecule has 0 radical (unpaired) electrons.